The summed E-state index contributed by atoms with van der Waals surface area (Å²) >= 11 is 2.45. The lowest BCUT2D eigenvalue weighted by molar-refractivity contribution is 0.682. The fourth-order valence-corrected chi connectivity index (χ4v) is 2.03. The van der Waals surface area contributed by atoms with E-state index in [4.69, 9.17) is 0 Å². The molecule has 1 aromatic carbocycles. The van der Waals surface area contributed by atoms with E-state index >= 15 is 0 Å². The first-order valence-electron chi connectivity index (χ1n) is 5.71. The number of hydrogen-bond donors (Lipinski definition) is 0. The Hall–Kier alpha value is -0.310. The molecule has 0 saturated carbocycles. The summed E-state index contributed by atoms with van der Waals surface area (Å²) in [6.07, 6.45) is 11.2. The lowest BCUT2D eigenvalue weighted by Gasteiger charge is -1.96. The summed E-state index contributed by atoms with van der Waals surface area (Å²) in [6.45, 7) is 0. The van der Waals surface area contributed by atoms with Gasteiger partial charge in [0.1, 0.15) is 0 Å². The van der Waals surface area contributed by atoms with Crippen LogP contribution >= 0.6 is 22.6 Å². The highest BCUT2D eigenvalue weighted by molar-refractivity contribution is 14.1. The number of allylic oxidation sites excluding steroid dienone is 1. The van der Waals surface area contributed by atoms with E-state index in [-0.39, 0.29) is 0 Å². The predicted molar refractivity (Wildman–Crippen MR) is 77.4 cm³/mol. The molecular weight excluding hydrogens is 295 g/mol. The first-order valence-corrected chi connectivity index (χ1v) is 7.23. The Morgan fingerprint density at radius 1 is 0.933 bits per heavy atom. The standard InChI is InChI=1S/C14H19I/c15-13-9-4-2-1-3-6-10-14-11-7-5-8-12-14/h5-8,10-12H,1-4,9,13H2. The van der Waals surface area contributed by atoms with Crippen molar-refractivity contribution in [1.82, 2.24) is 0 Å². The topological polar surface area (TPSA) is 0 Å². The highest BCUT2D eigenvalue weighted by Gasteiger charge is 1.87. The van der Waals surface area contributed by atoms with Crippen LogP contribution in [0.25, 0.3) is 6.08 Å². The zero-order valence-corrected chi connectivity index (χ0v) is 11.3. The fourth-order valence-electron chi connectivity index (χ4n) is 1.49. The van der Waals surface area contributed by atoms with Gasteiger partial charge in [0, 0.05) is 0 Å². The van der Waals surface area contributed by atoms with Gasteiger partial charge in [-0.15, -0.1) is 0 Å². The average Bonchev–Trinajstić information content (AvgIpc) is 2.29. The van der Waals surface area contributed by atoms with Gasteiger partial charge in [-0.3, -0.25) is 0 Å². The maximum absolute atomic E-state index is 2.45. The van der Waals surface area contributed by atoms with Crippen molar-refractivity contribution in [2.75, 3.05) is 4.43 Å². The molecule has 1 aromatic rings. The smallest absolute Gasteiger partial charge is 0.000473 e. The number of unbranched alkanes of at least 4 members (excludes halogenated alkanes) is 4. The second-order valence-electron chi connectivity index (χ2n) is 3.70. The Balaban J connectivity index is 2.07. The first kappa shape index (κ1) is 12.8. The van der Waals surface area contributed by atoms with Crippen molar-refractivity contribution in [3.8, 4) is 0 Å². The molecule has 0 atom stereocenters. The quantitative estimate of drug-likeness (QED) is 0.374. The summed E-state index contributed by atoms with van der Waals surface area (Å²) in [4.78, 5) is 0. The van der Waals surface area contributed by atoms with Crippen LogP contribution in [-0.4, -0.2) is 4.43 Å². The summed E-state index contributed by atoms with van der Waals surface area (Å²) in [6, 6.07) is 10.5. The van der Waals surface area contributed by atoms with Crippen LogP contribution in [0, 0.1) is 0 Å². The highest BCUT2D eigenvalue weighted by atomic mass is 127. The zero-order chi connectivity index (χ0) is 10.8. The van der Waals surface area contributed by atoms with Gasteiger partial charge in [0.2, 0.25) is 0 Å². The molecule has 0 aromatic heterocycles. The Labute approximate surface area is 107 Å². The van der Waals surface area contributed by atoms with Crippen molar-refractivity contribution in [3.05, 3.63) is 42.0 Å². The molecule has 0 saturated heterocycles. The van der Waals surface area contributed by atoms with Crippen LogP contribution in [0.1, 0.15) is 37.7 Å². The summed E-state index contributed by atoms with van der Waals surface area (Å²) in [5, 5.41) is 0. The Kier molecular flexibility index (Phi) is 7.62. The Morgan fingerprint density at radius 3 is 2.40 bits per heavy atom. The van der Waals surface area contributed by atoms with Crippen molar-refractivity contribution in [2.45, 2.75) is 32.1 Å². The van der Waals surface area contributed by atoms with E-state index in [0.29, 0.717) is 0 Å². The molecule has 0 bridgehead atoms. The lowest BCUT2D eigenvalue weighted by Crippen LogP contribution is -1.77. The summed E-state index contributed by atoms with van der Waals surface area (Å²) in [5.41, 5.74) is 1.31. The van der Waals surface area contributed by atoms with Crippen LogP contribution in [0.2, 0.25) is 0 Å². The van der Waals surface area contributed by atoms with Gasteiger partial charge in [-0.25, -0.2) is 0 Å². The maximum Gasteiger partial charge on any atom is -0.000473 e. The van der Waals surface area contributed by atoms with Crippen LogP contribution < -0.4 is 0 Å². The molecule has 15 heavy (non-hydrogen) atoms. The second kappa shape index (κ2) is 8.96. The van der Waals surface area contributed by atoms with Crippen LogP contribution in [-0.2, 0) is 0 Å². The van der Waals surface area contributed by atoms with Crippen molar-refractivity contribution < 1.29 is 0 Å². The normalized spacial score (nSPS) is 11.0. The van der Waals surface area contributed by atoms with Crippen LogP contribution in [0.15, 0.2) is 36.4 Å². The summed E-state index contributed by atoms with van der Waals surface area (Å²) in [7, 11) is 0. The van der Waals surface area contributed by atoms with Crippen molar-refractivity contribution in [2.24, 2.45) is 0 Å². The van der Waals surface area contributed by atoms with Crippen molar-refractivity contribution in [1.29, 1.82) is 0 Å². The predicted octanol–water partition coefficient (Wildman–Crippen LogP) is 5.09. The average molecular weight is 314 g/mol. The zero-order valence-electron chi connectivity index (χ0n) is 9.16. The second-order valence-corrected chi connectivity index (χ2v) is 4.78. The van der Waals surface area contributed by atoms with Crippen molar-refractivity contribution >= 4 is 28.7 Å². The molecule has 0 unspecified atom stereocenters. The Morgan fingerprint density at radius 2 is 1.67 bits per heavy atom. The monoisotopic (exact) mass is 314 g/mol. The van der Waals surface area contributed by atoms with Gasteiger partial charge >= 0.3 is 0 Å². The lowest BCUT2D eigenvalue weighted by atomic mass is 10.1. The molecule has 0 fully saturated rings. The van der Waals surface area contributed by atoms with Crippen molar-refractivity contribution in [3.63, 3.8) is 0 Å². The van der Waals surface area contributed by atoms with Gasteiger partial charge in [0.25, 0.3) is 0 Å². The molecule has 0 N–H and O–H groups in total. The minimum absolute atomic E-state index is 1.22. The molecule has 0 aliphatic rings. The molecule has 0 spiro atoms. The number of benzene rings is 1. The van der Waals surface area contributed by atoms with Gasteiger partial charge in [-0.05, 0) is 29.3 Å². The van der Waals surface area contributed by atoms with Gasteiger partial charge in [0.15, 0.2) is 0 Å². The van der Waals surface area contributed by atoms with E-state index in [1.54, 1.807) is 0 Å². The highest BCUT2D eigenvalue weighted by Crippen LogP contribution is 2.07. The largest absolute Gasteiger partial charge is 0.0864 e. The summed E-state index contributed by atoms with van der Waals surface area (Å²) in [5.74, 6) is 0. The molecular formula is C14H19I. The van der Waals surface area contributed by atoms with E-state index in [2.05, 4.69) is 65.1 Å². The molecule has 1 rings (SSSR count). The molecule has 0 radical (unpaired) electrons. The van der Waals surface area contributed by atoms with Gasteiger partial charge < -0.3 is 0 Å². The van der Waals surface area contributed by atoms with E-state index in [1.165, 1.54) is 42.1 Å². The minimum atomic E-state index is 1.22. The third kappa shape index (κ3) is 6.72. The fraction of sp³-hybridized carbons (Fsp3) is 0.429. The SMILES string of the molecule is ICCCCCCC=Cc1ccccc1. The van der Waals surface area contributed by atoms with E-state index in [1.807, 2.05) is 0 Å². The number of rotatable bonds is 7. The first-order chi connectivity index (χ1) is 7.43. The van der Waals surface area contributed by atoms with Gasteiger partial charge in [-0.1, -0.05) is 77.9 Å². The van der Waals surface area contributed by atoms with Crippen LogP contribution in [0.4, 0.5) is 0 Å². The summed E-state index contributed by atoms with van der Waals surface area (Å²) < 4.78 is 1.30. The van der Waals surface area contributed by atoms with Crippen LogP contribution in [0.3, 0.4) is 0 Å². The van der Waals surface area contributed by atoms with Crippen LogP contribution in [0.5, 0.6) is 0 Å². The molecule has 0 heterocycles. The molecule has 0 aliphatic heterocycles. The third-order valence-corrected chi connectivity index (χ3v) is 3.13. The Bertz CT molecular complexity index is 264. The van der Waals surface area contributed by atoms with E-state index in [9.17, 15) is 0 Å². The maximum atomic E-state index is 2.45. The molecule has 0 amide bonds. The molecule has 1 heteroatoms. The number of hydrogen-bond acceptors (Lipinski definition) is 0. The number of alkyl halides is 1. The van der Waals surface area contributed by atoms with E-state index < -0.39 is 0 Å². The molecule has 0 nitrogen and oxygen atoms in total. The minimum Gasteiger partial charge on any atom is -0.0864 e. The molecule has 0 aliphatic carbocycles. The third-order valence-electron chi connectivity index (χ3n) is 2.36. The van der Waals surface area contributed by atoms with Gasteiger partial charge in [0.05, 0.1) is 0 Å². The molecule has 82 valence electrons. The number of halogens is 1. The van der Waals surface area contributed by atoms with E-state index in [0.717, 1.165) is 0 Å². The van der Waals surface area contributed by atoms with Gasteiger partial charge in [-0.2, -0.15) is 0 Å².